The van der Waals surface area contributed by atoms with E-state index >= 15 is 0 Å². The highest BCUT2D eigenvalue weighted by Gasteiger charge is 2.37. The van der Waals surface area contributed by atoms with E-state index in [9.17, 15) is 5.11 Å². The van der Waals surface area contributed by atoms with E-state index in [1.54, 1.807) is 30.7 Å². The fourth-order valence-corrected chi connectivity index (χ4v) is 4.41. The van der Waals surface area contributed by atoms with Crippen molar-refractivity contribution in [2.24, 2.45) is 0 Å². The van der Waals surface area contributed by atoms with Gasteiger partial charge < -0.3 is 15.7 Å². The molecule has 1 aliphatic rings. The lowest BCUT2D eigenvalue weighted by Crippen LogP contribution is -2.60. The molecule has 9 heteroatoms. The fourth-order valence-electron chi connectivity index (χ4n) is 4.41. The number of hydrogen-bond donors (Lipinski definition) is 4. The Balaban J connectivity index is 0.00000256. The van der Waals surface area contributed by atoms with E-state index in [2.05, 4.69) is 63.7 Å². The zero-order valence-electron chi connectivity index (χ0n) is 17.6. The minimum absolute atomic E-state index is 0. The first-order valence-electron chi connectivity index (χ1n) is 9.79. The van der Waals surface area contributed by atoms with Crippen LogP contribution >= 0.6 is 12.4 Å². The van der Waals surface area contributed by atoms with Crippen LogP contribution in [0.5, 0.6) is 5.75 Å². The second-order valence-corrected chi connectivity index (χ2v) is 9.03. The fraction of sp³-hybridized carbons (Fsp3) is 0.429. The highest BCUT2D eigenvalue weighted by atomic mass is 35.5. The van der Waals surface area contributed by atoms with Gasteiger partial charge in [0.15, 0.2) is 11.6 Å². The van der Waals surface area contributed by atoms with Crippen molar-refractivity contribution >= 4 is 18.2 Å². The molecule has 160 valence electrons. The molecule has 0 unspecified atom stereocenters. The summed E-state index contributed by atoms with van der Waals surface area (Å²) in [6, 6.07) is 5.65. The Morgan fingerprint density at radius 2 is 1.77 bits per heavy atom. The summed E-state index contributed by atoms with van der Waals surface area (Å²) in [5, 5.41) is 32.8. The molecule has 0 spiro atoms. The van der Waals surface area contributed by atoms with Gasteiger partial charge in [0.05, 0.1) is 18.0 Å². The van der Waals surface area contributed by atoms with Crippen molar-refractivity contribution in [1.82, 2.24) is 30.7 Å². The number of H-pyrrole nitrogens is 1. The molecule has 1 aromatic carbocycles. The maximum Gasteiger partial charge on any atom is 0.185 e. The number of aromatic hydroxyl groups is 1. The molecule has 1 aliphatic heterocycles. The van der Waals surface area contributed by atoms with Crippen molar-refractivity contribution in [3.05, 3.63) is 36.8 Å². The first-order valence-corrected chi connectivity index (χ1v) is 9.79. The SMILES string of the molecule is CC1(C)CC(Nc2cnc(-c3ccc(-c4cn[nH]c4)cc3O)nn2)CC(C)(C)N1.Cl. The highest BCUT2D eigenvalue weighted by Crippen LogP contribution is 2.32. The van der Waals surface area contributed by atoms with Gasteiger partial charge in [0, 0.05) is 28.9 Å². The van der Waals surface area contributed by atoms with Gasteiger partial charge in [0.25, 0.3) is 0 Å². The summed E-state index contributed by atoms with van der Waals surface area (Å²) in [6.45, 7) is 8.86. The maximum absolute atomic E-state index is 10.4. The Hall–Kier alpha value is -2.71. The number of aromatic amines is 1. The summed E-state index contributed by atoms with van der Waals surface area (Å²) in [5.41, 5.74) is 2.40. The lowest BCUT2D eigenvalue weighted by molar-refractivity contribution is 0.170. The van der Waals surface area contributed by atoms with Gasteiger partial charge in [-0.1, -0.05) is 6.07 Å². The predicted octanol–water partition coefficient (Wildman–Crippen LogP) is 3.78. The monoisotopic (exact) mass is 429 g/mol. The van der Waals surface area contributed by atoms with Crippen LogP contribution in [0.15, 0.2) is 36.8 Å². The molecule has 0 bridgehead atoms. The van der Waals surface area contributed by atoms with Crippen LogP contribution in [0.25, 0.3) is 22.5 Å². The van der Waals surface area contributed by atoms with Crippen LogP contribution in [0.2, 0.25) is 0 Å². The minimum atomic E-state index is 0. The number of rotatable bonds is 4. The van der Waals surface area contributed by atoms with Gasteiger partial charge in [-0.2, -0.15) is 5.10 Å². The highest BCUT2D eigenvalue weighted by molar-refractivity contribution is 5.85. The number of phenols is 1. The first-order chi connectivity index (χ1) is 13.7. The Morgan fingerprint density at radius 1 is 1.03 bits per heavy atom. The van der Waals surface area contributed by atoms with Crippen molar-refractivity contribution in [3.8, 4) is 28.3 Å². The molecule has 0 amide bonds. The standard InChI is InChI=1S/C21H27N7O.ClH/c1-20(2)8-15(9-21(3,4)28-20)25-18-12-22-19(27-26-18)16-6-5-13(7-17(16)29)14-10-23-24-11-14;/h5-7,10-12,15,28-29H,8-9H2,1-4H3,(H,23,24)(H,25,26);1H. The van der Waals surface area contributed by atoms with E-state index < -0.39 is 0 Å². The van der Waals surface area contributed by atoms with Crippen molar-refractivity contribution in [2.45, 2.75) is 57.7 Å². The van der Waals surface area contributed by atoms with Crippen LogP contribution in [-0.4, -0.2) is 47.6 Å². The van der Waals surface area contributed by atoms with E-state index in [-0.39, 0.29) is 35.3 Å². The first kappa shape index (κ1) is 22.0. The third-order valence-electron chi connectivity index (χ3n) is 5.17. The number of hydrogen-bond acceptors (Lipinski definition) is 7. The smallest absolute Gasteiger partial charge is 0.185 e. The average Bonchev–Trinajstić information content (AvgIpc) is 3.14. The van der Waals surface area contributed by atoms with Crippen LogP contribution < -0.4 is 10.6 Å². The number of benzene rings is 1. The van der Waals surface area contributed by atoms with Gasteiger partial charge in [-0.05, 0) is 58.2 Å². The Morgan fingerprint density at radius 3 is 2.33 bits per heavy atom. The molecule has 1 saturated heterocycles. The van der Waals surface area contributed by atoms with Gasteiger partial charge in [0.2, 0.25) is 0 Å². The molecule has 8 nitrogen and oxygen atoms in total. The average molecular weight is 430 g/mol. The van der Waals surface area contributed by atoms with Crippen molar-refractivity contribution in [2.75, 3.05) is 5.32 Å². The molecule has 3 aromatic rings. The number of nitrogens with one attached hydrogen (secondary N) is 3. The molecule has 30 heavy (non-hydrogen) atoms. The molecule has 1 fully saturated rings. The number of anilines is 1. The summed E-state index contributed by atoms with van der Waals surface area (Å²) in [4.78, 5) is 4.41. The third kappa shape index (κ3) is 4.88. The lowest BCUT2D eigenvalue weighted by atomic mass is 9.79. The van der Waals surface area contributed by atoms with Gasteiger partial charge in [0.1, 0.15) is 5.75 Å². The molecule has 0 atom stereocenters. The van der Waals surface area contributed by atoms with Crippen molar-refractivity contribution in [1.29, 1.82) is 0 Å². The Kier molecular flexibility index (Phi) is 6.01. The normalized spacial score (nSPS) is 17.9. The van der Waals surface area contributed by atoms with Gasteiger partial charge in [-0.3, -0.25) is 5.10 Å². The van der Waals surface area contributed by atoms with Crippen molar-refractivity contribution in [3.63, 3.8) is 0 Å². The van der Waals surface area contributed by atoms with E-state index in [1.807, 2.05) is 6.07 Å². The molecule has 2 aromatic heterocycles. The second-order valence-electron chi connectivity index (χ2n) is 9.03. The van der Waals surface area contributed by atoms with E-state index in [1.165, 1.54) is 0 Å². The molecular weight excluding hydrogens is 402 g/mol. The number of piperidine rings is 1. The predicted molar refractivity (Wildman–Crippen MR) is 120 cm³/mol. The zero-order chi connectivity index (χ0) is 20.6. The van der Waals surface area contributed by atoms with Crippen LogP contribution in [0.1, 0.15) is 40.5 Å². The van der Waals surface area contributed by atoms with Gasteiger partial charge in [-0.15, -0.1) is 22.6 Å². The van der Waals surface area contributed by atoms with Gasteiger partial charge in [-0.25, -0.2) is 4.98 Å². The van der Waals surface area contributed by atoms with Crippen molar-refractivity contribution < 1.29 is 5.11 Å². The molecular formula is C21H28ClN7O. The number of halogens is 1. The van der Waals surface area contributed by atoms with Crippen LogP contribution in [0.4, 0.5) is 5.82 Å². The maximum atomic E-state index is 10.4. The van der Waals surface area contributed by atoms with Crippen LogP contribution in [0, 0.1) is 0 Å². The molecule has 0 aliphatic carbocycles. The number of phenolic OH excluding ortho intramolecular Hbond substituents is 1. The van der Waals surface area contributed by atoms with E-state index in [0.717, 1.165) is 24.0 Å². The van der Waals surface area contributed by atoms with Gasteiger partial charge >= 0.3 is 0 Å². The van der Waals surface area contributed by atoms with E-state index in [0.29, 0.717) is 17.2 Å². The topological polar surface area (TPSA) is 112 Å². The Labute approximate surface area is 182 Å². The molecule has 4 rings (SSSR count). The largest absolute Gasteiger partial charge is 0.507 e. The third-order valence-corrected chi connectivity index (χ3v) is 5.17. The summed E-state index contributed by atoms with van der Waals surface area (Å²) in [5.74, 6) is 1.13. The summed E-state index contributed by atoms with van der Waals surface area (Å²) < 4.78 is 0. The molecule has 4 N–H and O–H groups in total. The second kappa shape index (κ2) is 8.20. The summed E-state index contributed by atoms with van der Waals surface area (Å²) in [6.07, 6.45) is 7.12. The molecule has 0 radical (unpaired) electrons. The minimum Gasteiger partial charge on any atom is -0.507 e. The Bertz CT molecular complexity index is 971. The molecule has 3 heterocycles. The zero-order valence-corrected chi connectivity index (χ0v) is 18.4. The summed E-state index contributed by atoms with van der Waals surface area (Å²) in [7, 11) is 0. The number of nitrogens with zero attached hydrogens (tertiary/aromatic N) is 4. The lowest BCUT2D eigenvalue weighted by Gasteiger charge is -2.46. The quantitative estimate of drug-likeness (QED) is 0.499. The summed E-state index contributed by atoms with van der Waals surface area (Å²) >= 11 is 0. The van der Waals surface area contributed by atoms with Crippen LogP contribution in [-0.2, 0) is 0 Å². The number of aromatic nitrogens is 5. The molecule has 0 saturated carbocycles. The van der Waals surface area contributed by atoms with E-state index in [4.69, 9.17) is 0 Å². The van der Waals surface area contributed by atoms with Crippen LogP contribution in [0.3, 0.4) is 0 Å².